The van der Waals surface area contributed by atoms with Crippen molar-refractivity contribution < 1.29 is 9.59 Å². The van der Waals surface area contributed by atoms with Crippen molar-refractivity contribution in [1.82, 2.24) is 10.2 Å². The van der Waals surface area contributed by atoms with E-state index in [-0.39, 0.29) is 24.3 Å². The van der Waals surface area contributed by atoms with Gasteiger partial charge in [-0.3, -0.25) is 14.5 Å². The molecule has 114 valence electrons. The number of imide groups is 1. The Morgan fingerprint density at radius 3 is 2.67 bits per heavy atom. The maximum atomic E-state index is 12.4. The minimum Gasteiger partial charge on any atom is -0.301 e. The molecule has 2 amide bonds. The summed E-state index contributed by atoms with van der Waals surface area (Å²) >= 11 is 5.94. The standard InChI is InChI=1S/C16H21ClN2O2/c1-3-13(4-2)19-15(20)9-14(16(19)21)18-10-11-6-5-7-12(17)8-11/h5-8,13-14,18H,3-4,9-10H2,1-2H3. The van der Waals surface area contributed by atoms with Crippen molar-refractivity contribution in [2.24, 2.45) is 0 Å². The van der Waals surface area contributed by atoms with Crippen molar-refractivity contribution in [1.29, 1.82) is 0 Å². The predicted molar refractivity (Wildman–Crippen MR) is 82.9 cm³/mol. The number of rotatable bonds is 6. The molecule has 0 radical (unpaired) electrons. The van der Waals surface area contributed by atoms with Crippen molar-refractivity contribution in [2.75, 3.05) is 0 Å². The van der Waals surface area contributed by atoms with Gasteiger partial charge in [-0.25, -0.2) is 0 Å². The third-order valence-corrected chi connectivity index (χ3v) is 4.17. The second-order valence-corrected chi connectivity index (χ2v) is 5.78. The van der Waals surface area contributed by atoms with E-state index in [1.54, 1.807) is 0 Å². The van der Waals surface area contributed by atoms with Crippen LogP contribution in [0, 0.1) is 0 Å². The molecule has 0 aliphatic carbocycles. The molecule has 1 fully saturated rings. The normalized spacial score (nSPS) is 18.9. The van der Waals surface area contributed by atoms with Crippen molar-refractivity contribution in [3.05, 3.63) is 34.9 Å². The second-order valence-electron chi connectivity index (χ2n) is 5.34. The zero-order chi connectivity index (χ0) is 15.4. The fraction of sp³-hybridized carbons (Fsp3) is 0.500. The zero-order valence-corrected chi connectivity index (χ0v) is 13.2. The molecule has 0 saturated carbocycles. The minimum atomic E-state index is -0.419. The molecule has 1 saturated heterocycles. The number of amides is 2. The van der Waals surface area contributed by atoms with Gasteiger partial charge < -0.3 is 5.32 Å². The van der Waals surface area contributed by atoms with Crippen LogP contribution in [0.4, 0.5) is 0 Å². The van der Waals surface area contributed by atoms with E-state index in [4.69, 9.17) is 11.6 Å². The molecule has 1 atom stereocenters. The highest BCUT2D eigenvalue weighted by molar-refractivity contribution is 6.30. The van der Waals surface area contributed by atoms with Crippen LogP contribution in [0.3, 0.4) is 0 Å². The third kappa shape index (κ3) is 3.63. The summed E-state index contributed by atoms with van der Waals surface area (Å²) in [6.07, 6.45) is 1.85. The lowest BCUT2D eigenvalue weighted by atomic mass is 10.1. The van der Waals surface area contributed by atoms with E-state index in [9.17, 15) is 9.59 Å². The molecule has 0 aromatic heterocycles. The van der Waals surface area contributed by atoms with Crippen molar-refractivity contribution in [3.63, 3.8) is 0 Å². The van der Waals surface area contributed by atoms with Gasteiger partial charge in [0.1, 0.15) is 0 Å². The first-order valence-corrected chi connectivity index (χ1v) is 7.78. The molecule has 21 heavy (non-hydrogen) atoms. The number of nitrogens with zero attached hydrogens (tertiary/aromatic N) is 1. The van der Waals surface area contributed by atoms with Crippen LogP contribution in [0.25, 0.3) is 0 Å². The highest BCUT2D eigenvalue weighted by atomic mass is 35.5. The summed E-state index contributed by atoms with van der Waals surface area (Å²) in [7, 11) is 0. The van der Waals surface area contributed by atoms with Crippen molar-refractivity contribution in [3.8, 4) is 0 Å². The maximum absolute atomic E-state index is 12.4. The fourth-order valence-electron chi connectivity index (χ4n) is 2.74. The number of hydrogen-bond donors (Lipinski definition) is 1. The summed E-state index contributed by atoms with van der Waals surface area (Å²) in [5.41, 5.74) is 1.00. The van der Waals surface area contributed by atoms with Gasteiger partial charge in [-0.15, -0.1) is 0 Å². The van der Waals surface area contributed by atoms with E-state index >= 15 is 0 Å². The van der Waals surface area contributed by atoms with E-state index in [2.05, 4.69) is 5.32 Å². The monoisotopic (exact) mass is 308 g/mol. The number of hydrogen-bond acceptors (Lipinski definition) is 3. The second kappa shape index (κ2) is 7.05. The van der Waals surface area contributed by atoms with Gasteiger partial charge in [-0.2, -0.15) is 0 Å². The maximum Gasteiger partial charge on any atom is 0.247 e. The molecule has 5 heteroatoms. The molecule has 1 aliphatic heterocycles. The topological polar surface area (TPSA) is 49.4 Å². The van der Waals surface area contributed by atoms with E-state index < -0.39 is 6.04 Å². The molecule has 4 nitrogen and oxygen atoms in total. The summed E-state index contributed by atoms with van der Waals surface area (Å²) in [4.78, 5) is 25.9. The Labute approximate surface area is 130 Å². The summed E-state index contributed by atoms with van der Waals surface area (Å²) in [5.74, 6) is -0.173. The SMILES string of the molecule is CCC(CC)N1C(=O)CC(NCc2cccc(Cl)c2)C1=O. The van der Waals surface area contributed by atoms with Crippen LogP contribution in [0.2, 0.25) is 5.02 Å². The number of nitrogens with one attached hydrogen (secondary N) is 1. The van der Waals surface area contributed by atoms with Crippen LogP contribution in [0.15, 0.2) is 24.3 Å². The molecule has 1 aromatic carbocycles. The summed E-state index contributed by atoms with van der Waals surface area (Å²) in [6, 6.07) is 7.08. The highest BCUT2D eigenvalue weighted by Crippen LogP contribution is 2.20. The quantitative estimate of drug-likeness (QED) is 0.822. The molecule has 1 heterocycles. The van der Waals surface area contributed by atoms with Crippen LogP contribution in [-0.4, -0.2) is 28.8 Å². The summed E-state index contributed by atoms with van der Waals surface area (Å²) in [6.45, 7) is 4.53. The van der Waals surface area contributed by atoms with Crippen LogP contribution in [0.5, 0.6) is 0 Å². The van der Waals surface area contributed by atoms with Crippen LogP contribution >= 0.6 is 11.6 Å². The van der Waals surface area contributed by atoms with E-state index in [0.29, 0.717) is 11.6 Å². The molecule has 1 unspecified atom stereocenters. The first-order valence-electron chi connectivity index (χ1n) is 7.40. The van der Waals surface area contributed by atoms with Crippen LogP contribution in [-0.2, 0) is 16.1 Å². The molecule has 0 bridgehead atoms. The molecule has 1 aromatic rings. The highest BCUT2D eigenvalue weighted by Gasteiger charge is 2.40. The van der Waals surface area contributed by atoms with Gasteiger partial charge in [0, 0.05) is 17.6 Å². The van der Waals surface area contributed by atoms with E-state index in [1.807, 2.05) is 38.1 Å². The van der Waals surface area contributed by atoms with Crippen molar-refractivity contribution in [2.45, 2.75) is 51.7 Å². The zero-order valence-electron chi connectivity index (χ0n) is 12.4. The lowest BCUT2D eigenvalue weighted by molar-refractivity contribution is -0.141. The van der Waals surface area contributed by atoms with E-state index in [1.165, 1.54) is 4.90 Å². The lowest BCUT2D eigenvalue weighted by Gasteiger charge is -2.24. The van der Waals surface area contributed by atoms with Gasteiger partial charge in [-0.05, 0) is 30.5 Å². The van der Waals surface area contributed by atoms with Crippen LogP contribution in [0.1, 0.15) is 38.7 Å². The Morgan fingerprint density at radius 2 is 2.05 bits per heavy atom. The fourth-order valence-corrected chi connectivity index (χ4v) is 2.95. The van der Waals surface area contributed by atoms with Crippen molar-refractivity contribution >= 4 is 23.4 Å². The Balaban J connectivity index is 1.99. The largest absolute Gasteiger partial charge is 0.301 e. The number of likely N-dealkylation sites (tertiary alicyclic amines) is 1. The Hall–Kier alpha value is -1.39. The number of halogens is 1. The van der Waals surface area contributed by atoms with Gasteiger partial charge in [-0.1, -0.05) is 37.6 Å². The number of carbonyl (C=O) groups excluding carboxylic acids is 2. The van der Waals surface area contributed by atoms with Gasteiger partial charge >= 0.3 is 0 Å². The first kappa shape index (κ1) is 16.0. The lowest BCUT2D eigenvalue weighted by Crippen LogP contribution is -2.43. The Morgan fingerprint density at radius 1 is 1.33 bits per heavy atom. The molecule has 2 rings (SSSR count). The molecule has 1 N–H and O–H groups in total. The minimum absolute atomic E-state index is 0.0166. The number of carbonyl (C=O) groups is 2. The third-order valence-electron chi connectivity index (χ3n) is 3.93. The van der Waals surface area contributed by atoms with Gasteiger partial charge in [0.05, 0.1) is 12.5 Å². The first-order chi connectivity index (χ1) is 10.1. The predicted octanol–water partition coefficient (Wildman–Crippen LogP) is 2.75. The molecular weight excluding hydrogens is 288 g/mol. The Bertz CT molecular complexity index is 529. The summed E-state index contributed by atoms with van der Waals surface area (Å²) < 4.78 is 0. The van der Waals surface area contributed by atoms with Crippen LogP contribution < -0.4 is 5.32 Å². The van der Waals surface area contributed by atoms with Gasteiger partial charge in [0.15, 0.2) is 0 Å². The number of benzene rings is 1. The summed E-state index contributed by atoms with van der Waals surface area (Å²) in [5, 5.41) is 3.84. The molecule has 0 spiro atoms. The molecule has 1 aliphatic rings. The smallest absolute Gasteiger partial charge is 0.247 e. The van der Waals surface area contributed by atoms with Gasteiger partial charge in [0.25, 0.3) is 0 Å². The molecular formula is C16H21ClN2O2. The average molecular weight is 309 g/mol. The Kier molecular flexibility index (Phi) is 5.37. The van der Waals surface area contributed by atoms with E-state index in [0.717, 1.165) is 18.4 Å². The average Bonchev–Trinajstić information content (AvgIpc) is 2.74. The van der Waals surface area contributed by atoms with Gasteiger partial charge in [0.2, 0.25) is 11.8 Å².